The zero-order valence-electron chi connectivity index (χ0n) is 9.99. The summed E-state index contributed by atoms with van der Waals surface area (Å²) in [6.45, 7) is 2.16. The summed E-state index contributed by atoms with van der Waals surface area (Å²) >= 11 is 3.79. The molecule has 17 heavy (non-hydrogen) atoms. The summed E-state index contributed by atoms with van der Waals surface area (Å²) in [5, 5.41) is 0. The van der Waals surface area contributed by atoms with Gasteiger partial charge in [0.1, 0.15) is 7.17 Å². The van der Waals surface area contributed by atoms with E-state index >= 15 is 0 Å². The lowest BCUT2D eigenvalue weighted by Gasteiger charge is -2.19. The minimum absolute atomic E-state index is 1.11. The highest BCUT2D eigenvalue weighted by Gasteiger charge is 2.16. The second kappa shape index (κ2) is 4.51. The van der Waals surface area contributed by atoms with E-state index in [2.05, 4.69) is 51.1 Å². The van der Waals surface area contributed by atoms with E-state index in [0.29, 0.717) is 0 Å². The molecule has 0 N–H and O–H groups in total. The molecule has 0 saturated carbocycles. The Bertz CT molecular complexity index is 582. The third kappa shape index (κ3) is 2.16. The number of fused-ring (bicyclic) bond motifs is 2. The first-order valence-corrected chi connectivity index (χ1v) is 7.49. The van der Waals surface area contributed by atoms with E-state index in [0.717, 1.165) is 7.17 Å². The minimum atomic E-state index is 1.11. The first kappa shape index (κ1) is 11.4. The van der Waals surface area contributed by atoms with Gasteiger partial charge in [-0.05, 0) is 30.7 Å². The first-order chi connectivity index (χ1) is 8.26. The zero-order valence-corrected chi connectivity index (χ0v) is 11.6. The highest BCUT2D eigenvalue weighted by molar-refractivity contribution is 8.05. The molecule has 2 aromatic rings. The SMILES string of the molecule is BBc1ccc2c(c1)Sc1cc(C)ccc1S2. The topological polar surface area (TPSA) is 0 Å². The van der Waals surface area contributed by atoms with Gasteiger partial charge in [-0.25, -0.2) is 0 Å². The quantitative estimate of drug-likeness (QED) is 0.610. The maximum Gasteiger partial charge on any atom is 0.118 e. The Morgan fingerprint density at radius 2 is 1.53 bits per heavy atom. The molecule has 4 heteroatoms. The second-order valence-electron chi connectivity index (χ2n) is 4.29. The average molecular weight is 254 g/mol. The normalized spacial score (nSPS) is 12.8. The van der Waals surface area contributed by atoms with E-state index in [1.54, 1.807) is 0 Å². The van der Waals surface area contributed by atoms with Crippen molar-refractivity contribution in [2.24, 2.45) is 0 Å². The zero-order chi connectivity index (χ0) is 11.8. The summed E-state index contributed by atoms with van der Waals surface area (Å²) in [4.78, 5) is 5.59. The average Bonchev–Trinajstić information content (AvgIpc) is 2.35. The molecular formula is C13H12B2S2. The molecule has 0 spiro atoms. The maximum absolute atomic E-state index is 2.33. The molecule has 0 amide bonds. The molecule has 0 aliphatic carbocycles. The third-order valence-electron chi connectivity index (χ3n) is 2.96. The fourth-order valence-corrected chi connectivity index (χ4v) is 4.31. The smallest absolute Gasteiger partial charge is 0.0922 e. The van der Waals surface area contributed by atoms with Crippen LogP contribution in [0.2, 0.25) is 0 Å². The number of rotatable bonds is 1. The molecule has 3 rings (SSSR count). The van der Waals surface area contributed by atoms with Crippen LogP contribution in [0.5, 0.6) is 0 Å². The molecule has 0 unspecified atom stereocenters. The van der Waals surface area contributed by atoms with Crippen LogP contribution in [-0.2, 0) is 0 Å². The molecule has 2 aromatic carbocycles. The van der Waals surface area contributed by atoms with Crippen LogP contribution in [0.4, 0.5) is 0 Å². The molecule has 1 aliphatic rings. The van der Waals surface area contributed by atoms with Gasteiger partial charge < -0.3 is 0 Å². The van der Waals surface area contributed by atoms with Crippen molar-refractivity contribution in [2.75, 3.05) is 0 Å². The molecule has 0 radical (unpaired) electrons. The largest absolute Gasteiger partial charge is 0.118 e. The van der Waals surface area contributed by atoms with Gasteiger partial charge in [-0.15, -0.1) is 0 Å². The van der Waals surface area contributed by atoms with Crippen LogP contribution >= 0.6 is 23.5 Å². The molecule has 1 heterocycles. The Balaban J connectivity index is 2.05. The molecule has 0 saturated heterocycles. The van der Waals surface area contributed by atoms with Gasteiger partial charge in [-0.3, -0.25) is 0 Å². The van der Waals surface area contributed by atoms with Gasteiger partial charge in [-0.2, -0.15) is 0 Å². The summed E-state index contributed by atoms with van der Waals surface area (Å²) in [5.41, 5.74) is 2.76. The Morgan fingerprint density at radius 1 is 0.882 bits per heavy atom. The van der Waals surface area contributed by atoms with Gasteiger partial charge in [0.2, 0.25) is 0 Å². The Morgan fingerprint density at radius 3 is 2.29 bits per heavy atom. The number of hydrogen-bond donors (Lipinski definition) is 0. The van der Waals surface area contributed by atoms with Crippen molar-refractivity contribution >= 4 is 43.9 Å². The van der Waals surface area contributed by atoms with E-state index in [1.165, 1.54) is 30.6 Å². The van der Waals surface area contributed by atoms with Crippen LogP contribution in [-0.4, -0.2) is 14.9 Å². The van der Waals surface area contributed by atoms with E-state index in [4.69, 9.17) is 0 Å². The van der Waals surface area contributed by atoms with Gasteiger partial charge in [0.05, 0.1) is 7.74 Å². The van der Waals surface area contributed by atoms with Crippen molar-refractivity contribution in [3.05, 3.63) is 42.0 Å². The van der Waals surface area contributed by atoms with Crippen LogP contribution in [0.3, 0.4) is 0 Å². The minimum Gasteiger partial charge on any atom is -0.0922 e. The first-order valence-electron chi connectivity index (χ1n) is 5.85. The standard InChI is InChI=1S/C13H12B2S2/c1-8-2-4-10-12(6-8)17-13-7-9(15-14)3-5-11(13)16-10/h2-7,15H,14H2,1H3. The fourth-order valence-electron chi connectivity index (χ4n) is 1.95. The Kier molecular flexibility index (Phi) is 3.01. The number of hydrogen-bond acceptors (Lipinski definition) is 2. The van der Waals surface area contributed by atoms with Gasteiger partial charge in [0.15, 0.2) is 0 Å². The van der Waals surface area contributed by atoms with Crippen LogP contribution in [0, 0.1) is 6.92 Å². The molecular weight excluding hydrogens is 242 g/mol. The lowest BCUT2D eigenvalue weighted by molar-refractivity contribution is 1.15. The maximum atomic E-state index is 2.33. The van der Waals surface area contributed by atoms with Gasteiger partial charge >= 0.3 is 0 Å². The highest BCUT2D eigenvalue weighted by Crippen LogP contribution is 2.48. The molecule has 0 atom stereocenters. The van der Waals surface area contributed by atoms with Crippen molar-refractivity contribution in [3.8, 4) is 0 Å². The molecule has 0 fully saturated rings. The second-order valence-corrected chi connectivity index (χ2v) is 6.46. The fraction of sp³-hybridized carbons (Fsp3) is 0.0769. The van der Waals surface area contributed by atoms with Gasteiger partial charge in [-0.1, -0.05) is 47.2 Å². The van der Waals surface area contributed by atoms with E-state index in [-0.39, 0.29) is 0 Å². The summed E-state index contributed by atoms with van der Waals surface area (Å²) in [5.74, 6) is 0. The third-order valence-corrected chi connectivity index (χ3v) is 5.48. The predicted octanol–water partition coefficient (Wildman–Crippen LogP) is 2.22. The summed E-state index contributed by atoms with van der Waals surface area (Å²) in [6, 6.07) is 13.5. The van der Waals surface area contributed by atoms with E-state index in [9.17, 15) is 0 Å². The Labute approximate surface area is 112 Å². The van der Waals surface area contributed by atoms with Crippen LogP contribution in [0.25, 0.3) is 0 Å². The Hall–Kier alpha value is -0.730. The molecule has 0 bridgehead atoms. The van der Waals surface area contributed by atoms with Gasteiger partial charge in [0.25, 0.3) is 0 Å². The van der Waals surface area contributed by atoms with Gasteiger partial charge in [0, 0.05) is 19.6 Å². The lowest BCUT2D eigenvalue weighted by atomic mass is 9.51. The van der Waals surface area contributed by atoms with Crippen molar-refractivity contribution in [1.29, 1.82) is 0 Å². The van der Waals surface area contributed by atoms with Crippen LogP contribution in [0.1, 0.15) is 5.56 Å². The summed E-state index contributed by atoms with van der Waals surface area (Å²) < 4.78 is 0. The molecule has 0 aromatic heterocycles. The molecule has 1 aliphatic heterocycles. The predicted molar refractivity (Wildman–Crippen MR) is 81.2 cm³/mol. The van der Waals surface area contributed by atoms with Crippen molar-refractivity contribution in [3.63, 3.8) is 0 Å². The monoisotopic (exact) mass is 254 g/mol. The number of benzene rings is 2. The van der Waals surface area contributed by atoms with Crippen molar-refractivity contribution < 1.29 is 0 Å². The molecule has 82 valence electrons. The van der Waals surface area contributed by atoms with E-state index in [1.807, 2.05) is 23.5 Å². The van der Waals surface area contributed by atoms with Crippen LogP contribution < -0.4 is 5.46 Å². The van der Waals surface area contributed by atoms with Crippen molar-refractivity contribution in [1.82, 2.24) is 0 Å². The van der Waals surface area contributed by atoms with Crippen molar-refractivity contribution in [2.45, 2.75) is 26.5 Å². The summed E-state index contributed by atoms with van der Waals surface area (Å²) in [6.07, 6.45) is 0. The molecule has 0 nitrogen and oxygen atoms in total. The highest BCUT2D eigenvalue weighted by atomic mass is 32.2. The lowest BCUT2D eigenvalue weighted by Crippen LogP contribution is -2.14. The van der Waals surface area contributed by atoms with E-state index < -0.39 is 0 Å². The summed E-state index contributed by atoms with van der Waals surface area (Å²) in [7, 11) is 3.32. The number of aryl methyl sites for hydroxylation is 1. The van der Waals surface area contributed by atoms with Crippen LogP contribution in [0.15, 0.2) is 56.0 Å².